The number of halogens is 4. The first kappa shape index (κ1) is 16.3. The molecule has 1 heterocycles. The van der Waals surface area contributed by atoms with E-state index in [2.05, 4.69) is 10.3 Å². The molecule has 0 saturated heterocycles. The molecule has 124 valence electrons. The fourth-order valence-electron chi connectivity index (χ4n) is 2.35. The normalized spacial score (nSPS) is 11.7. The van der Waals surface area contributed by atoms with E-state index in [1.54, 1.807) is 36.4 Å². The van der Waals surface area contributed by atoms with Gasteiger partial charge >= 0.3 is 6.18 Å². The van der Waals surface area contributed by atoms with Crippen LogP contribution in [0.1, 0.15) is 5.82 Å². The van der Waals surface area contributed by atoms with Gasteiger partial charge in [0.05, 0.1) is 21.7 Å². The highest BCUT2D eigenvalue weighted by Crippen LogP contribution is 2.31. The first-order valence-electron chi connectivity index (χ1n) is 6.93. The van der Waals surface area contributed by atoms with E-state index < -0.39 is 24.5 Å². The molecule has 0 spiro atoms. The second kappa shape index (κ2) is 6.16. The van der Waals surface area contributed by atoms with Gasteiger partial charge in [-0.05, 0) is 24.3 Å². The van der Waals surface area contributed by atoms with Crippen molar-refractivity contribution in [1.29, 1.82) is 0 Å². The van der Waals surface area contributed by atoms with Gasteiger partial charge in [-0.25, -0.2) is 4.98 Å². The first-order valence-corrected chi connectivity index (χ1v) is 7.31. The first-order chi connectivity index (χ1) is 11.4. The molecule has 0 fully saturated rings. The summed E-state index contributed by atoms with van der Waals surface area (Å²) in [6.07, 6.45) is -4.66. The number of imidazole rings is 1. The molecule has 0 saturated carbocycles. The molecule has 0 unspecified atom stereocenters. The number of fused-ring (bicyclic) bond motifs is 1. The molecule has 1 N–H and O–H groups in total. The van der Waals surface area contributed by atoms with E-state index in [0.717, 1.165) is 4.57 Å². The molecule has 4 nitrogen and oxygen atoms in total. The number of para-hydroxylation sites is 3. The van der Waals surface area contributed by atoms with Crippen molar-refractivity contribution in [3.8, 4) is 0 Å². The van der Waals surface area contributed by atoms with Crippen molar-refractivity contribution in [3.63, 3.8) is 0 Å². The number of alkyl halides is 3. The molecule has 0 atom stereocenters. The van der Waals surface area contributed by atoms with Crippen molar-refractivity contribution < 1.29 is 18.0 Å². The standard InChI is InChI=1S/C16H11ClF3N3O/c17-10-5-1-2-6-11(10)21-14(24)9-23-13-8-4-3-7-12(13)22-15(23)16(18,19)20/h1-8H,9H2,(H,21,24). The predicted molar refractivity (Wildman–Crippen MR) is 84.8 cm³/mol. The van der Waals surface area contributed by atoms with Crippen molar-refractivity contribution in [2.24, 2.45) is 0 Å². The smallest absolute Gasteiger partial charge is 0.323 e. The summed E-state index contributed by atoms with van der Waals surface area (Å²) in [4.78, 5) is 15.8. The molecule has 3 rings (SSSR count). The van der Waals surface area contributed by atoms with Crippen molar-refractivity contribution in [2.45, 2.75) is 12.7 Å². The summed E-state index contributed by atoms with van der Waals surface area (Å²) in [5.74, 6) is -1.74. The topological polar surface area (TPSA) is 46.9 Å². The summed E-state index contributed by atoms with van der Waals surface area (Å²) >= 11 is 5.94. The van der Waals surface area contributed by atoms with Gasteiger partial charge in [0, 0.05) is 0 Å². The molecule has 3 aromatic rings. The van der Waals surface area contributed by atoms with Crippen LogP contribution in [0.3, 0.4) is 0 Å². The lowest BCUT2D eigenvalue weighted by Crippen LogP contribution is -2.23. The van der Waals surface area contributed by atoms with E-state index in [9.17, 15) is 18.0 Å². The Morgan fingerprint density at radius 1 is 1.12 bits per heavy atom. The summed E-state index contributed by atoms with van der Waals surface area (Å²) in [6.45, 7) is -0.527. The van der Waals surface area contributed by atoms with Crippen LogP contribution < -0.4 is 5.32 Å². The zero-order valence-corrected chi connectivity index (χ0v) is 12.9. The molecule has 0 bridgehead atoms. The maximum absolute atomic E-state index is 13.2. The minimum atomic E-state index is -4.66. The maximum atomic E-state index is 13.2. The third-order valence-electron chi connectivity index (χ3n) is 3.36. The number of aromatic nitrogens is 2. The molecule has 0 aliphatic rings. The molecule has 1 amide bonds. The largest absolute Gasteiger partial charge is 0.449 e. The van der Waals surface area contributed by atoms with E-state index >= 15 is 0 Å². The average Bonchev–Trinajstić information content (AvgIpc) is 2.89. The van der Waals surface area contributed by atoms with Gasteiger partial charge in [-0.2, -0.15) is 13.2 Å². The fraction of sp³-hybridized carbons (Fsp3) is 0.125. The lowest BCUT2D eigenvalue weighted by atomic mass is 10.3. The van der Waals surface area contributed by atoms with Crippen LogP contribution >= 0.6 is 11.6 Å². The summed E-state index contributed by atoms with van der Waals surface area (Å²) in [6, 6.07) is 12.6. The number of carbonyl (C=O) groups excluding carboxylic acids is 1. The zero-order valence-electron chi connectivity index (χ0n) is 12.1. The Morgan fingerprint density at radius 2 is 1.79 bits per heavy atom. The Balaban J connectivity index is 1.94. The average molecular weight is 354 g/mol. The van der Waals surface area contributed by atoms with E-state index in [-0.39, 0.29) is 11.0 Å². The highest BCUT2D eigenvalue weighted by Gasteiger charge is 2.38. The predicted octanol–water partition coefficient (Wildman–Crippen LogP) is 4.35. The highest BCUT2D eigenvalue weighted by molar-refractivity contribution is 6.33. The van der Waals surface area contributed by atoms with E-state index in [1.165, 1.54) is 12.1 Å². The molecule has 0 aliphatic heterocycles. The Bertz CT molecular complexity index is 905. The Hall–Kier alpha value is -2.54. The van der Waals surface area contributed by atoms with Crippen LogP contribution in [0.15, 0.2) is 48.5 Å². The van der Waals surface area contributed by atoms with Crippen LogP contribution in [-0.2, 0) is 17.5 Å². The molecular weight excluding hydrogens is 343 g/mol. The van der Waals surface area contributed by atoms with Gasteiger partial charge in [0.15, 0.2) is 0 Å². The van der Waals surface area contributed by atoms with Gasteiger partial charge in [0.1, 0.15) is 6.54 Å². The SMILES string of the molecule is O=C(Cn1c(C(F)(F)F)nc2ccccc21)Nc1ccccc1Cl. The van der Waals surface area contributed by atoms with Crippen LogP contribution in [0.4, 0.5) is 18.9 Å². The van der Waals surface area contributed by atoms with Crippen LogP contribution in [0.25, 0.3) is 11.0 Å². The minimum absolute atomic E-state index is 0.176. The number of nitrogens with one attached hydrogen (secondary N) is 1. The lowest BCUT2D eigenvalue weighted by molar-refractivity contribution is -0.147. The van der Waals surface area contributed by atoms with Crippen molar-refractivity contribution >= 4 is 34.2 Å². The number of nitrogens with zero attached hydrogens (tertiary/aromatic N) is 2. The molecular formula is C16H11ClF3N3O. The Labute approximate surface area is 139 Å². The van der Waals surface area contributed by atoms with Crippen LogP contribution in [0.2, 0.25) is 5.02 Å². The molecule has 0 aliphatic carbocycles. The second-order valence-electron chi connectivity index (χ2n) is 5.04. The van der Waals surface area contributed by atoms with Gasteiger partial charge < -0.3 is 9.88 Å². The molecule has 2 aromatic carbocycles. The van der Waals surface area contributed by atoms with Gasteiger partial charge in [-0.1, -0.05) is 35.9 Å². The third-order valence-corrected chi connectivity index (χ3v) is 3.69. The van der Waals surface area contributed by atoms with Gasteiger partial charge in [0.25, 0.3) is 0 Å². The Kier molecular flexibility index (Phi) is 4.19. The van der Waals surface area contributed by atoms with Gasteiger partial charge in [-0.3, -0.25) is 4.79 Å². The molecule has 8 heteroatoms. The number of amides is 1. The quantitative estimate of drug-likeness (QED) is 0.761. The van der Waals surface area contributed by atoms with E-state index in [1.807, 2.05) is 0 Å². The van der Waals surface area contributed by atoms with Crippen molar-refractivity contribution in [1.82, 2.24) is 9.55 Å². The second-order valence-corrected chi connectivity index (χ2v) is 5.44. The number of hydrogen-bond acceptors (Lipinski definition) is 2. The minimum Gasteiger partial charge on any atom is -0.323 e. The highest BCUT2D eigenvalue weighted by atomic mass is 35.5. The number of benzene rings is 2. The summed E-state index contributed by atoms with van der Waals surface area (Å²) < 4.78 is 40.4. The zero-order chi connectivity index (χ0) is 17.3. The summed E-state index contributed by atoms with van der Waals surface area (Å²) in [5, 5.41) is 2.81. The monoisotopic (exact) mass is 353 g/mol. The van der Waals surface area contributed by atoms with Crippen LogP contribution in [0.5, 0.6) is 0 Å². The summed E-state index contributed by atoms with van der Waals surface area (Å²) in [5.41, 5.74) is 0.747. The number of hydrogen-bond donors (Lipinski definition) is 1. The molecule has 0 radical (unpaired) electrons. The van der Waals surface area contributed by atoms with Gasteiger partial charge in [-0.15, -0.1) is 0 Å². The fourth-order valence-corrected chi connectivity index (χ4v) is 2.53. The molecule has 1 aromatic heterocycles. The third kappa shape index (κ3) is 3.21. The van der Waals surface area contributed by atoms with Crippen LogP contribution in [-0.4, -0.2) is 15.5 Å². The maximum Gasteiger partial charge on any atom is 0.449 e. The Morgan fingerprint density at radius 3 is 2.50 bits per heavy atom. The van der Waals surface area contributed by atoms with E-state index in [4.69, 9.17) is 11.6 Å². The number of anilines is 1. The number of rotatable bonds is 3. The van der Waals surface area contributed by atoms with E-state index in [0.29, 0.717) is 10.7 Å². The molecule has 24 heavy (non-hydrogen) atoms. The van der Waals surface area contributed by atoms with Crippen molar-refractivity contribution in [3.05, 3.63) is 59.4 Å². The summed E-state index contributed by atoms with van der Waals surface area (Å²) in [7, 11) is 0. The van der Waals surface area contributed by atoms with Crippen molar-refractivity contribution in [2.75, 3.05) is 5.32 Å². The number of carbonyl (C=O) groups is 1. The lowest BCUT2D eigenvalue weighted by Gasteiger charge is -2.12. The van der Waals surface area contributed by atoms with Crippen LogP contribution in [0, 0.1) is 0 Å². The van der Waals surface area contributed by atoms with Gasteiger partial charge in [0.2, 0.25) is 11.7 Å².